The van der Waals surface area contributed by atoms with Crippen LogP contribution in [0.25, 0.3) is 0 Å². The second-order valence-corrected chi connectivity index (χ2v) is 14.3. The molecule has 0 saturated heterocycles. The minimum Gasteiger partial charge on any atom is -0.392 e. The Morgan fingerprint density at radius 3 is 2.50 bits per heavy atom. The molecule has 1 aromatic carbocycles. The lowest BCUT2D eigenvalue weighted by Crippen LogP contribution is -2.53. The highest BCUT2D eigenvalue weighted by Crippen LogP contribution is 2.57. The Morgan fingerprint density at radius 2 is 1.87 bits per heavy atom. The van der Waals surface area contributed by atoms with E-state index in [1.54, 1.807) is 12.1 Å². The molecule has 2 saturated carbocycles. The van der Waals surface area contributed by atoms with E-state index in [0.717, 1.165) is 36.3 Å². The summed E-state index contributed by atoms with van der Waals surface area (Å²) in [5.74, 6) is -0.737. The molecule has 2 fully saturated rings. The first-order valence-corrected chi connectivity index (χ1v) is 15.6. The number of thiazole rings is 1. The average molecular weight is 561 g/mol. The molecule has 4 N–H and O–H groups in total. The number of nitrogens with one attached hydrogen (secondary N) is 3. The molecular weight excluding hydrogens is 524 g/mol. The molecule has 1 heterocycles. The Morgan fingerprint density at radius 1 is 1.18 bits per heavy atom. The predicted molar refractivity (Wildman–Crippen MR) is 146 cm³/mol. The van der Waals surface area contributed by atoms with Crippen LogP contribution in [0.15, 0.2) is 29.2 Å². The van der Waals surface area contributed by atoms with Gasteiger partial charge in [-0.2, -0.15) is 0 Å². The summed E-state index contributed by atoms with van der Waals surface area (Å²) in [5, 5.41) is 17.6. The van der Waals surface area contributed by atoms with E-state index in [1.807, 2.05) is 6.92 Å². The lowest BCUT2D eigenvalue weighted by molar-refractivity contribution is -0.134. The van der Waals surface area contributed by atoms with Gasteiger partial charge in [-0.1, -0.05) is 20.8 Å². The van der Waals surface area contributed by atoms with E-state index in [1.165, 1.54) is 30.4 Å². The van der Waals surface area contributed by atoms with Crippen molar-refractivity contribution in [3.8, 4) is 0 Å². The van der Waals surface area contributed by atoms with Gasteiger partial charge in [-0.15, -0.1) is 11.3 Å². The van der Waals surface area contributed by atoms with Crippen molar-refractivity contribution in [3.63, 3.8) is 0 Å². The Bertz CT molecular complexity index is 1340. The molecule has 3 aliphatic rings. The average Bonchev–Trinajstić information content (AvgIpc) is 3.56. The number of hydrogen-bond donors (Lipinski definition) is 4. The second-order valence-electron chi connectivity index (χ2n) is 11.5. The molecule has 6 atom stereocenters. The SMILES string of the molecule is CC(=O)Nc1ccc(S(=O)(=O)Nc2nc3c(s2)C[C@@]2(C)CC[C@H]([C@H](C)C(=O)NC4CC4)[C@H](O)[C@H]2[C@@H]3C)cc1. The van der Waals surface area contributed by atoms with Gasteiger partial charge in [0, 0.05) is 35.4 Å². The highest BCUT2D eigenvalue weighted by Gasteiger charge is 2.54. The number of benzene rings is 1. The highest BCUT2D eigenvalue weighted by molar-refractivity contribution is 7.93. The third-order valence-corrected chi connectivity index (χ3v) is 11.1. The number of aliphatic hydroxyl groups excluding tert-OH is 1. The summed E-state index contributed by atoms with van der Waals surface area (Å²) in [5.41, 5.74) is 1.19. The van der Waals surface area contributed by atoms with Crippen LogP contribution in [0.2, 0.25) is 0 Å². The smallest absolute Gasteiger partial charge is 0.263 e. The first-order chi connectivity index (χ1) is 17.9. The first-order valence-electron chi connectivity index (χ1n) is 13.3. The molecule has 0 aliphatic heterocycles. The van der Waals surface area contributed by atoms with E-state index in [-0.39, 0.29) is 45.8 Å². The first kappa shape index (κ1) is 27.1. The molecule has 206 valence electrons. The summed E-state index contributed by atoms with van der Waals surface area (Å²) in [7, 11) is -3.87. The van der Waals surface area contributed by atoms with Crippen molar-refractivity contribution in [2.24, 2.45) is 23.2 Å². The third kappa shape index (κ3) is 5.20. The predicted octanol–water partition coefficient (Wildman–Crippen LogP) is 3.87. The monoisotopic (exact) mass is 560 g/mol. The van der Waals surface area contributed by atoms with Gasteiger partial charge < -0.3 is 15.7 Å². The molecular formula is C27H36N4O5S2. The van der Waals surface area contributed by atoms with Crippen molar-refractivity contribution in [3.05, 3.63) is 34.8 Å². The van der Waals surface area contributed by atoms with Crippen molar-refractivity contribution < 1.29 is 23.1 Å². The lowest BCUT2D eigenvalue weighted by atomic mass is 9.53. The number of amides is 2. The molecule has 0 bridgehead atoms. The maximum absolute atomic E-state index is 13.0. The summed E-state index contributed by atoms with van der Waals surface area (Å²) in [4.78, 5) is 29.8. The molecule has 5 rings (SSSR count). The number of anilines is 2. The van der Waals surface area contributed by atoms with E-state index >= 15 is 0 Å². The normalized spacial score (nSPS) is 29.5. The van der Waals surface area contributed by atoms with E-state index in [0.29, 0.717) is 23.3 Å². The number of fused-ring (bicyclic) bond motifs is 2. The van der Waals surface area contributed by atoms with Gasteiger partial charge in [0.2, 0.25) is 11.8 Å². The van der Waals surface area contributed by atoms with Gasteiger partial charge in [0.25, 0.3) is 10.0 Å². The van der Waals surface area contributed by atoms with E-state index in [4.69, 9.17) is 0 Å². The number of aliphatic hydroxyl groups is 1. The molecule has 38 heavy (non-hydrogen) atoms. The number of carbonyl (C=O) groups is 2. The quantitative estimate of drug-likeness (QED) is 0.406. The van der Waals surface area contributed by atoms with Crippen LogP contribution < -0.4 is 15.4 Å². The molecule has 2 amide bonds. The third-order valence-electron chi connectivity index (χ3n) is 8.61. The zero-order chi connectivity index (χ0) is 27.4. The van der Waals surface area contributed by atoms with Crippen LogP contribution in [0.1, 0.15) is 69.9 Å². The van der Waals surface area contributed by atoms with Crippen molar-refractivity contribution >= 4 is 44.0 Å². The van der Waals surface area contributed by atoms with Crippen molar-refractivity contribution in [2.45, 2.75) is 82.8 Å². The zero-order valence-electron chi connectivity index (χ0n) is 22.2. The molecule has 0 radical (unpaired) electrons. The molecule has 0 unspecified atom stereocenters. The van der Waals surface area contributed by atoms with E-state index in [9.17, 15) is 23.1 Å². The summed E-state index contributed by atoms with van der Waals surface area (Å²) >= 11 is 1.35. The fourth-order valence-electron chi connectivity index (χ4n) is 6.44. The largest absolute Gasteiger partial charge is 0.392 e. The minimum atomic E-state index is -3.87. The van der Waals surface area contributed by atoms with Crippen molar-refractivity contribution in [2.75, 3.05) is 10.0 Å². The number of nitrogens with zero attached hydrogens (tertiary/aromatic N) is 1. The van der Waals surface area contributed by atoms with Gasteiger partial charge in [0.1, 0.15) is 0 Å². The number of carbonyl (C=O) groups excluding carboxylic acids is 2. The highest BCUT2D eigenvalue weighted by atomic mass is 32.2. The molecule has 2 aromatic rings. The van der Waals surface area contributed by atoms with Crippen molar-refractivity contribution in [1.29, 1.82) is 0 Å². The van der Waals surface area contributed by atoms with E-state index in [2.05, 4.69) is 34.2 Å². The maximum Gasteiger partial charge on any atom is 0.263 e. The van der Waals surface area contributed by atoms with Gasteiger partial charge in [0.15, 0.2) is 5.13 Å². The molecule has 3 aliphatic carbocycles. The van der Waals surface area contributed by atoms with Crippen LogP contribution >= 0.6 is 11.3 Å². The Labute approximate surface area is 227 Å². The standard InChI is InChI=1S/C27H36N4O5S2/c1-14(25(34)29-18-5-6-18)20-11-12-27(4)13-21-23(15(2)22(27)24(20)33)30-26(37-21)31-38(35,36)19-9-7-17(8-10-19)28-16(3)32/h7-10,14-15,18,20,22,24,33H,5-6,11-13H2,1-4H3,(H,28,32)(H,29,34)(H,30,31)/t14-,15-,20+,22+,24-,27+/m0/s1. The maximum atomic E-state index is 13.0. The van der Waals surface area contributed by atoms with Crippen LogP contribution in [0.5, 0.6) is 0 Å². The fourth-order valence-corrected chi connectivity index (χ4v) is 8.94. The number of sulfonamides is 1. The van der Waals surface area contributed by atoms with Gasteiger partial charge in [-0.3, -0.25) is 14.3 Å². The lowest BCUT2D eigenvalue weighted by Gasteiger charge is -2.53. The summed E-state index contributed by atoms with van der Waals surface area (Å²) in [6.07, 6.45) is 3.82. The van der Waals surface area contributed by atoms with Gasteiger partial charge >= 0.3 is 0 Å². The molecule has 1 aromatic heterocycles. The van der Waals surface area contributed by atoms with Gasteiger partial charge in [-0.25, -0.2) is 13.4 Å². The van der Waals surface area contributed by atoms with Crippen LogP contribution in [-0.2, 0) is 26.0 Å². The van der Waals surface area contributed by atoms with Crippen LogP contribution in [0, 0.1) is 23.2 Å². The second kappa shape index (κ2) is 9.91. The molecule has 0 spiro atoms. The van der Waals surface area contributed by atoms with Gasteiger partial charge in [-0.05, 0) is 73.6 Å². The summed E-state index contributed by atoms with van der Waals surface area (Å²) < 4.78 is 28.7. The van der Waals surface area contributed by atoms with Crippen molar-refractivity contribution in [1.82, 2.24) is 10.3 Å². The zero-order valence-corrected chi connectivity index (χ0v) is 23.8. The molecule has 11 heteroatoms. The topological polar surface area (TPSA) is 137 Å². The number of hydrogen-bond acceptors (Lipinski definition) is 7. The Hall–Kier alpha value is -2.50. The Kier molecular flexibility index (Phi) is 7.06. The summed E-state index contributed by atoms with van der Waals surface area (Å²) in [6.45, 7) is 7.57. The molecule has 9 nitrogen and oxygen atoms in total. The van der Waals surface area contributed by atoms with Crippen LogP contribution in [0.4, 0.5) is 10.8 Å². The van der Waals surface area contributed by atoms with Crippen LogP contribution in [-0.4, -0.2) is 42.5 Å². The minimum absolute atomic E-state index is 0.0276. The fraction of sp³-hybridized carbons (Fsp3) is 0.593. The Balaban J connectivity index is 1.34. The number of aromatic nitrogens is 1. The van der Waals surface area contributed by atoms with E-state index < -0.39 is 16.1 Å². The van der Waals surface area contributed by atoms with Crippen LogP contribution in [0.3, 0.4) is 0 Å². The number of rotatable bonds is 7. The summed E-state index contributed by atoms with van der Waals surface area (Å²) in [6, 6.07) is 6.26. The van der Waals surface area contributed by atoms with Gasteiger partial charge in [0.05, 0.1) is 16.7 Å².